The molecule has 0 atom stereocenters. The first kappa shape index (κ1) is 19.0. The molecule has 3 heterocycles. The van der Waals surface area contributed by atoms with Crippen molar-refractivity contribution < 1.29 is 22.7 Å². The van der Waals surface area contributed by atoms with Gasteiger partial charge in [-0.3, -0.25) is 14.9 Å². The Labute approximate surface area is 166 Å². The minimum Gasteiger partial charge on any atom is -0.434 e. The Bertz CT molecular complexity index is 1070. The van der Waals surface area contributed by atoms with Crippen molar-refractivity contribution in [2.75, 3.05) is 11.9 Å². The number of allylic oxidation sites excluding steroid dienone is 1. The normalized spacial score (nSPS) is 15.6. The van der Waals surface area contributed by atoms with Crippen molar-refractivity contribution in [3.63, 3.8) is 0 Å². The van der Waals surface area contributed by atoms with Crippen LogP contribution in [-0.4, -0.2) is 40.5 Å². The van der Waals surface area contributed by atoms with Crippen molar-refractivity contribution in [1.82, 2.24) is 20.6 Å². The van der Waals surface area contributed by atoms with Crippen LogP contribution in [0.3, 0.4) is 0 Å². The lowest BCUT2D eigenvalue weighted by molar-refractivity contribution is -0.112. The van der Waals surface area contributed by atoms with E-state index < -0.39 is 18.3 Å². The molecule has 12 heteroatoms. The Morgan fingerprint density at radius 2 is 2.21 bits per heavy atom. The van der Waals surface area contributed by atoms with Crippen LogP contribution in [0.15, 0.2) is 52.8 Å². The number of benzene rings is 1. The fourth-order valence-corrected chi connectivity index (χ4v) is 3.02. The first-order chi connectivity index (χ1) is 13.9. The predicted octanol–water partition coefficient (Wildman–Crippen LogP) is 3.20. The molecule has 4 rings (SSSR count). The van der Waals surface area contributed by atoms with Gasteiger partial charge in [0.1, 0.15) is 11.4 Å². The first-order valence-corrected chi connectivity index (χ1v) is 8.57. The molecule has 0 radical (unpaired) electrons. The Morgan fingerprint density at radius 1 is 1.38 bits per heavy atom. The van der Waals surface area contributed by atoms with Gasteiger partial charge in [-0.05, 0) is 18.2 Å². The van der Waals surface area contributed by atoms with Gasteiger partial charge in [0.15, 0.2) is 11.6 Å². The number of carbonyl (C=O) groups is 1. The number of halogens is 4. The van der Waals surface area contributed by atoms with Crippen LogP contribution in [0.2, 0.25) is 5.02 Å². The third-order valence-electron chi connectivity index (χ3n) is 4.06. The van der Waals surface area contributed by atoms with Gasteiger partial charge in [-0.2, -0.15) is 13.9 Å². The van der Waals surface area contributed by atoms with E-state index in [0.717, 1.165) is 12.4 Å². The number of hydrazine groups is 1. The number of aromatic nitrogens is 2. The van der Waals surface area contributed by atoms with E-state index in [0.29, 0.717) is 0 Å². The lowest BCUT2D eigenvalue weighted by Crippen LogP contribution is -2.28. The fraction of sp³-hybridized carbons (Fsp3) is 0.118. The Hall–Kier alpha value is -3.31. The summed E-state index contributed by atoms with van der Waals surface area (Å²) in [5.74, 6) is -0.991. The summed E-state index contributed by atoms with van der Waals surface area (Å²) in [6.45, 7) is -2.93. The molecule has 0 aliphatic carbocycles. The third-order valence-corrected chi connectivity index (χ3v) is 4.30. The molecule has 8 nitrogen and oxygen atoms in total. The molecular weight excluding hydrogens is 413 g/mol. The monoisotopic (exact) mass is 424 g/mol. The van der Waals surface area contributed by atoms with Crippen molar-refractivity contribution in [2.24, 2.45) is 4.99 Å². The van der Waals surface area contributed by atoms with Gasteiger partial charge in [-0.25, -0.2) is 14.8 Å². The Morgan fingerprint density at radius 3 is 3.00 bits per heavy atom. The minimum absolute atomic E-state index is 0.117. The van der Waals surface area contributed by atoms with E-state index in [1.165, 1.54) is 29.4 Å². The third kappa shape index (κ3) is 3.82. The smallest absolute Gasteiger partial charge is 0.387 e. The van der Waals surface area contributed by atoms with Crippen LogP contribution in [-0.2, 0) is 4.79 Å². The molecule has 0 fully saturated rings. The van der Waals surface area contributed by atoms with Gasteiger partial charge in [0.2, 0.25) is 0 Å². The summed E-state index contributed by atoms with van der Waals surface area (Å²) in [7, 11) is 0. The van der Waals surface area contributed by atoms with Gasteiger partial charge >= 0.3 is 6.61 Å². The van der Waals surface area contributed by atoms with Crippen molar-refractivity contribution in [1.29, 1.82) is 0 Å². The van der Waals surface area contributed by atoms with Crippen LogP contribution in [0.5, 0.6) is 5.75 Å². The number of ether oxygens (including phenoxy) is 1. The van der Waals surface area contributed by atoms with Gasteiger partial charge in [0.25, 0.3) is 5.91 Å². The number of aliphatic imine (C=N–C) groups is 1. The highest BCUT2D eigenvalue weighted by Crippen LogP contribution is 2.36. The Kier molecular flexibility index (Phi) is 4.99. The van der Waals surface area contributed by atoms with E-state index in [4.69, 9.17) is 11.6 Å². The molecule has 29 heavy (non-hydrogen) atoms. The van der Waals surface area contributed by atoms with Crippen LogP contribution >= 0.6 is 11.6 Å². The molecule has 0 saturated carbocycles. The average molecular weight is 425 g/mol. The van der Waals surface area contributed by atoms with Crippen molar-refractivity contribution in [2.45, 2.75) is 6.61 Å². The SMILES string of the molecule is O=C(Nc1c[nH]nc1-c1cc(Cl)ccc1OC(F)F)C1=C2N=CC(F)=CN2NC1. The molecule has 0 spiro atoms. The summed E-state index contributed by atoms with van der Waals surface area (Å²) in [4.78, 5) is 16.6. The van der Waals surface area contributed by atoms with E-state index in [1.54, 1.807) is 0 Å². The quantitative estimate of drug-likeness (QED) is 0.685. The predicted molar refractivity (Wildman–Crippen MR) is 98.8 cm³/mol. The van der Waals surface area contributed by atoms with Gasteiger partial charge in [-0.15, -0.1) is 0 Å². The van der Waals surface area contributed by atoms with E-state index in [9.17, 15) is 18.0 Å². The number of hydrogen-bond acceptors (Lipinski definition) is 6. The molecule has 2 aliphatic rings. The number of amides is 1. The standard InChI is InChI=1S/C17H12ClF3N6O2/c18-8-1-2-13(29-17(20)21)10(3-8)14-12(6-23-26-14)25-16(28)11-5-24-27-7-9(19)4-22-15(11)27/h1-4,6-7,17,24H,5H2,(H,23,26)(H,25,28). The number of aromatic amines is 1. The van der Waals surface area contributed by atoms with Crippen LogP contribution in [0.25, 0.3) is 11.3 Å². The zero-order valence-electron chi connectivity index (χ0n) is 14.4. The van der Waals surface area contributed by atoms with E-state index >= 15 is 0 Å². The van der Waals surface area contributed by atoms with Crippen LogP contribution in [0.1, 0.15) is 0 Å². The lowest BCUT2D eigenvalue weighted by Gasteiger charge is -2.16. The molecular formula is C17H12ClF3N6O2. The summed E-state index contributed by atoms with van der Waals surface area (Å²) in [6, 6.07) is 4.07. The molecule has 0 saturated heterocycles. The zero-order valence-corrected chi connectivity index (χ0v) is 15.2. The molecule has 1 amide bonds. The average Bonchev–Trinajstić information content (AvgIpc) is 3.29. The van der Waals surface area contributed by atoms with Crippen molar-refractivity contribution in [3.8, 4) is 17.0 Å². The second-order valence-electron chi connectivity index (χ2n) is 5.90. The number of carbonyl (C=O) groups excluding carboxylic acids is 1. The van der Waals surface area contributed by atoms with E-state index in [2.05, 4.69) is 30.7 Å². The van der Waals surface area contributed by atoms with E-state index in [1.807, 2.05) is 0 Å². The summed E-state index contributed by atoms with van der Waals surface area (Å²) in [5.41, 5.74) is 3.60. The number of alkyl halides is 2. The number of hydrogen-bond donors (Lipinski definition) is 3. The maximum atomic E-state index is 13.3. The van der Waals surface area contributed by atoms with Crippen LogP contribution < -0.4 is 15.5 Å². The Balaban J connectivity index is 1.63. The molecule has 0 unspecified atom stereocenters. The summed E-state index contributed by atoms with van der Waals surface area (Å²) in [5, 5.41) is 10.8. The minimum atomic E-state index is -3.05. The second kappa shape index (κ2) is 7.60. The molecule has 2 aliphatic heterocycles. The maximum Gasteiger partial charge on any atom is 0.387 e. The molecule has 1 aromatic carbocycles. The number of nitrogens with zero attached hydrogens (tertiary/aromatic N) is 3. The molecule has 1 aromatic heterocycles. The lowest BCUT2D eigenvalue weighted by atomic mass is 10.1. The second-order valence-corrected chi connectivity index (χ2v) is 6.34. The van der Waals surface area contributed by atoms with Crippen molar-refractivity contribution in [3.05, 3.63) is 52.8 Å². The van der Waals surface area contributed by atoms with Gasteiger partial charge in [-0.1, -0.05) is 11.6 Å². The van der Waals surface area contributed by atoms with E-state index in [-0.39, 0.29) is 45.7 Å². The number of anilines is 1. The number of rotatable bonds is 5. The topological polar surface area (TPSA) is 94.6 Å². The van der Waals surface area contributed by atoms with Crippen LogP contribution in [0.4, 0.5) is 18.9 Å². The zero-order chi connectivity index (χ0) is 20.5. The fourth-order valence-electron chi connectivity index (χ4n) is 2.85. The highest BCUT2D eigenvalue weighted by molar-refractivity contribution is 6.31. The van der Waals surface area contributed by atoms with Crippen molar-refractivity contribution >= 4 is 29.4 Å². The molecule has 3 N–H and O–H groups in total. The number of nitrogens with one attached hydrogen (secondary N) is 3. The maximum absolute atomic E-state index is 13.3. The largest absolute Gasteiger partial charge is 0.434 e. The van der Waals surface area contributed by atoms with Gasteiger partial charge in [0, 0.05) is 23.3 Å². The molecule has 0 bridgehead atoms. The number of fused-ring (bicyclic) bond motifs is 1. The van der Waals surface area contributed by atoms with Crippen LogP contribution in [0, 0.1) is 0 Å². The molecule has 150 valence electrons. The van der Waals surface area contributed by atoms with Gasteiger partial charge < -0.3 is 10.1 Å². The van der Waals surface area contributed by atoms with Gasteiger partial charge in [0.05, 0.1) is 23.7 Å². The summed E-state index contributed by atoms with van der Waals surface area (Å²) >= 11 is 5.98. The first-order valence-electron chi connectivity index (χ1n) is 8.19. The summed E-state index contributed by atoms with van der Waals surface area (Å²) in [6.07, 6.45) is 3.54. The highest BCUT2D eigenvalue weighted by atomic mass is 35.5. The highest BCUT2D eigenvalue weighted by Gasteiger charge is 2.29. The number of H-pyrrole nitrogens is 1. The summed E-state index contributed by atoms with van der Waals surface area (Å²) < 4.78 is 43.2. The molecule has 2 aromatic rings.